The number of nitrogens with one attached hydrogen (secondary N) is 1. The number of ether oxygens (including phenoxy) is 1. The molecule has 1 aromatic rings. The molecule has 21 heavy (non-hydrogen) atoms. The first-order valence-electron chi connectivity index (χ1n) is 7.82. The topological polar surface area (TPSA) is 37.4 Å². The van der Waals surface area contributed by atoms with Gasteiger partial charge in [-0.1, -0.05) is 27.7 Å². The first-order chi connectivity index (χ1) is 9.82. The van der Waals surface area contributed by atoms with Crippen molar-refractivity contribution in [2.45, 2.75) is 46.1 Å². The van der Waals surface area contributed by atoms with Gasteiger partial charge in [0.2, 0.25) is 5.88 Å². The summed E-state index contributed by atoms with van der Waals surface area (Å²) in [6.07, 6.45) is 1.01. The van der Waals surface area contributed by atoms with Gasteiger partial charge in [0.05, 0.1) is 12.3 Å². The van der Waals surface area contributed by atoms with E-state index in [1.807, 2.05) is 6.07 Å². The fourth-order valence-electron chi connectivity index (χ4n) is 1.95. The van der Waals surface area contributed by atoms with Gasteiger partial charge in [-0.3, -0.25) is 0 Å². The fourth-order valence-corrected chi connectivity index (χ4v) is 1.95. The lowest BCUT2D eigenvalue weighted by Crippen LogP contribution is -2.18. The minimum atomic E-state index is 0.0317. The maximum Gasteiger partial charge on any atom is 0.213 e. The van der Waals surface area contributed by atoms with Crippen molar-refractivity contribution in [3.05, 3.63) is 23.4 Å². The predicted octanol–water partition coefficient (Wildman–Crippen LogP) is 2.82. The Morgan fingerprint density at radius 1 is 1.24 bits per heavy atom. The van der Waals surface area contributed by atoms with Crippen LogP contribution in [-0.4, -0.2) is 43.7 Å². The minimum Gasteiger partial charge on any atom is -0.478 e. The van der Waals surface area contributed by atoms with Crippen LogP contribution in [0.3, 0.4) is 0 Å². The molecule has 0 spiro atoms. The van der Waals surface area contributed by atoms with Gasteiger partial charge in [0.25, 0.3) is 0 Å². The highest BCUT2D eigenvalue weighted by molar-refractivity contribution is 5.28. The quantitative estimate of drug-likeness (QED) is 0.748. The second-order valence-electron chi connectivity index (χ2n) is 6.73. The number of pyridine rings is 1. The van der Waals surface area contributed by atoms with Crippen molar-refractivity contribution in [3.8, 4) is 5.88 Å². The average Bonchev–Trinajstić information content (AvgIpc) is 2.40. The first-order valence-corrected chi connectivity index (χ1v) is 7.82. The van der Waals surface area contributed by atoms with Crippen molar-refractivity contribution in [3.63, 3.8) is 0 Å². The third-order valence-electron chi connectivity index (χ3n) is 3.21. The number of hydrogen-bond donors (Lipinski definition) is 1. The summed E-state index contributed by atoms with van der Waals surface area (Å²) in [7, 11) is 4.15. The van der Waals surface area contributed by atoms with E-state index >= 15 is 0 Å². The van der Waals surface area contributed by atoms with E-state index in [4.69, 9.17) is 4.74 Å². The summed E-state index contributed by atoms with van der Waals surface area (Å²) < 4.78 is 5.85. The largest absolute Gasteiger partial charge is 0.478 e. The van der Waals surface area contributed by atoms with Crippen molar-refractivity contribution >= 4 is 0 Å². The van der Waals surface area contributed by atoms with Crippen LogP contribution in [0.15, 0.2) is 12.1 Å². The zero-order valence-electron chi connectivity index (χ0n) is 14.5. The van der Waals surface area contributed by atoms with Gasteiger partial charge in [-0.25, -0.2) is 4.98 Å². The molecule has 1 aromatic heterocycles. The van der Waals surface area contributed by atoms with Crippen molar-refractivity contribution < 1.29 is 4.74 Å². The van der Waals surface area contributed by atoms with Crippen LogP contribution in [0, 0.1) is 0 Å². The molecule has 0 aromatic carbocycles. The van der Waals surface area contributed by atoms with E-state index in [9.17, 15) is 0 Å². The maximum atomic E-state index is 5.85. The van der Waals surface area contributed by atoms with Crippen LogP contribution < -0.4 is 10.1 Å². The van der Waals surface area contributed by atoms with Crippen molar-refractivity contribution in [2.75, 3.05) is 33.8 Å². The molecule has 0 unspecified atom stereocenters. The molecule has 1 heterocycles. The highest BCUT2D eigenvalue weighted by Gasteiger charge is 2.17. The third-order valence-corrected chi connectivity index (χ3v) is 3.21. The lowest BCUT2D eigenvalue weighted by molar-refractivity contribution is 0.271. The summed E-state index contributed by atoms with van der Waals surface area (Å²) >= 11 is 0. The normalized spacial score (nSPS) is 12.0. The maximum absolute atomic E-state index is 5.85. The molecule has 0 saturated carbocycles. The van der Waals surface area contributed by atoms with Crippen LogP contribution in [-0.2, 0) is 12.0 Å². The second-order valence-corrected chi connectivity index (χ2v) is 6.73. The highest BCUT2D eigenvalue weighted by Crippen LogP contribution is 2.24. The summed E-state index contributed by atoms with van der Waals surface area (Å²) in [5, 5.41) is 3.36. The van der Waals surface area contributed by atoms with E-state index in [2.05, 4.69) is 63.1 Å². The minimum absolute atomic E-state index is 0.0317. The van der Waals surface area contributed by atoms with E-state index < -0.39 is 0 Å². The smallest absolute Gasteiger partial charge is 0.213 e. The molecule has 0 radical (unpaired) electrons. The summed E-state index contributed by atoms with van der Waals surface area (Å²) in [5.41, 5.74) is 2.35. The molecular formula is C17H31N3O. The number of rotatable bonds is 8. The van der Waals surface area contributed by atoms with E-state index in [0.29, 0.717) is 6.61 Å². The second kappa shape index (κ2) is 8.35. The molecule has 4 heteroatoms. The molecule has 0 bridgehead atoms. The molecule has 4 nitrogen and oxygen atoms in total. The SMILES string of the molecule is CCNCc1cc(OCCCN(C)C)nc(C(C)(C)C)c1. The van der Waals surface area contributed by atoms with Crippen molar-refractivity contribution in [1.82, 2.24) is 15.2 Å². The van der Waals surface area contributed by atoms with Crippen LogP contribution in [0.5, 0.6) is 5.88 Å². The van der Waals surface area contributed by atoms with Crippen molar-refractivity contribution in [1.29, 1.82) is 0 Å². The van der Waals surface area contributed by atoms with E-state index in [0.717, 1.165) is 37.6 Å². The van der Waals surface area contributed by atoms with E-state index in [-0.39, 0.29) is 5.41 Å². The molecular weight excluding hydrogens is 262 g/mol. The average molecular weight is 293 g/mol. The standard InChI is InChI=1S/C17H31N3O/c1-7-18-13-14-11-15(17(2,3)4)19-16(12-14)21-10-8-9-20(5)6/h11-12,18H,7-10,13H2,1-6H3. The van der Waals surface area contributed by atoms with Gasteiger partial charge in [-0.15, -0.1) is 0 Å². The van der Waals surface area contributed by atoms with E-state index in [1.54, 1.807) is 0 Å². The first kappa shape index (κ1) is 17.9. The summed E-state index contributed by atoms with van der Waals surface area (Å²) in [6, 6.07) is 4.23. The zero-order valence-corrected chi connectivity index (χ0v) is 14.5. The van der Waals surface area contributed by atoms with Crippen molar-refractivity contribution in [2.24, 2.45) is 0 Å². The Labute approximate surface area is 129 Å². The Morgan fingerprint density at radius 3 is 2.52 bits per heavy atom. The number of hydrogen-bond acceptors (Lipinski definition) is 4. The molecule has 0 aliphatic rings. The molecule has 0 atom stereocenters. The Kier molecular flexibility index (Phi) is 7.12. The molecule has 1 N–H and O–H groups in total. The van der Waals surface area contributed by atoms with Gasteiger partial charge in [-0.2, -0.15) is 0 Å². The van der Waals surface area contributed by atoms with Crippen LogP contribution in [0.4, 0.5) is 0 Å². The Morgan fingerprint density at radius 2 is 1.95 bits per heavy atom. The monoisotopic (exact) mass is 293 g/mol. The van der Waals surface area contributed by atoms with Crippen LogP contribution in [0.2, 0.25) is 0 Å². The van der Waals surface area contributed by atoms with Gasteiger partial charge in [0.15, 0.2) is 0 Å². The number of aromatic nitrogens is 1. The summed E-state index contributed by atoms with van der Waals surface area (Å²) in [4.78, 5) is 6.83. The zero-order chi connectivity index (χ0) is 15.9. The lowest BCUT2D eigenvalue weighted by atomic mass is 9.91. The summed E-state index contributed by atoms with van der Waals surface area (Å²) in [6.45, 7) is 12.2. The van der Waals surface area contributed by atoms with Gasteiger partial charge >= 0.3 is 0 Å². The van der Waals surface area contributed by atoms with Crippen LogP contribution >= 0.6 is 0 Å². The Bertz CT molecular complexity index is 425. The molecule has 120 valence electrons. The molecule has 0 fully saturated rings. The van der Waals surface area contributed by atoms with Crippen LogP contribution in [0.25, 0.3) is 0 Å². The predicted molar refractivity (Wildman–Crippen MR) is 89.0 cm³/mol. The molecule has 0 amide bonds. The third kappa shape index (κ3) is 6.91. The van der Waals surface area contributed by atoms with E-state index in [1.165, 1.54) is 5.56 Å². The van der Waals surface area contributed by atoms with Gasteiger partial charge in [-0.05, 0) is 38.7 Å². The van der Waals surface area contributed by atoms with Gasteiger partial charge < -0.3 is 15.0 Å². The fraction of sp³-hybridized carbons (Fsp3) is 0.706. The molecule has 0 aliphatic heterocycles. The number of nitrogens with zero attached hydrogens (tertiary/aromatic N) is 2. The Balaban J connectivity index is 2.76. The highest BCUT2D eigenvalue weighted by atomic mass is 16.5. The summed E-state index contributed by atoms with van der Waals surface area (Å²) in [5.74, 6) is 0.745. The van der Waals surface area contributed by atoms with Gasteiger partial charge in [0, 0.05) is 24.6 Å². The van der Waals surface area contributed by atoms with Crippen LogP contribution in [0.1, 0.15) is 45.4 Å². The molecule has 0 saturated heterocycles. The van der Waals surface area contributed by atoms with Gasteiger partial charge in [0.1, 0.15) is 0 Å². The molecule has 1 rings (SSSR count). The lowest BCUT2D eigenvalue weighted by Gasteiger charge is -2.20. The Hall–Kier alpha value is -1.13. The molecule has 0 aliphatic carbocycles.